The Morgan fingerprint density at radius 3 is 1.95 bits per heavy atom. The van der Waals surface area contributed by atoms with Gasteiger partial charge in [0.1, 0.15) is 6.04 Å². The maximum absolute atomic E-state index is 11.9. The van der Waals surface area contributed by atoms with Crippen molar-refractivity contribution in [2.45, 2.75) is 47.6 Å². The number of nitrogens with one attached hydrogen (secondary N) is 1. The van der Waals surface area contributed by atoms with Gasteiger partial charge in [-0.1, -0.05) is 34.6 Å². The van der Waals surface area contributed by atoms with Crippen molar-refractivity contribution in [2.24, 2.45) is 11.8 Å². The van der Waals surface area contributed by atoms with Crippen molar-refractivity contribution < 1.29 is 9.53 Å². The maximum Gasteiger partial charge on any atom is 0.324 e. The van der Waals surface area contributed by atoms with Gasteiger partial charge >= 0.3 is 5.97 Å². The van der Waals surface area contributed by atoms with E-state index in [1.165, 1.54) is 0 Å². The average molecular weight is 272 g/mol. The number of hydrogen-bond acceptors (Lipinski definition) is 4. The summed E-state index contributed by atoms with van der Waals surface area (Å²) in [7, 11) is 0. The zero-order valence-corrected chi connectivity index (χ0v) is 13.5. The lowest BCUT2D eigenvalue weighted by Crippen LogP contribution is -2.48. The molecule has 0 amide bonds. The monoisotopic (exact) mass is 272 g/mol. The second-order valence-electron chi connectivity index (χ2n) is 5.87. The summed E-state index contributed by atoms with van der Waals surface area (Å²) in [5.74, 6) is 1.06. The summed E-state index contributed by atoms with van der Waals surface area (Å²) in [4.78, 5) is 14.3. The van der Waals surface area contributed by atoms with Crippen LogP contribution >= 0.6 is 0 Å². The smallest absolute Gasteiger partial charge is 0.324 e. The minimum Gasteiger partial charge on any atom is -0.465 e. The number of rotatable bonds is 10. The van der Waals surface area contributed by atoms with E-state index < -0.39 is 0 Å². The summed E-state index contributed by atoms with van der Waals surface area (Å²) in [6, 6.07) is -0.220. The molecule has 0 aliphatic heterocycles. The largest absolute Gasteiger partial charge is 0.465 e. The average Bonchev–Trinajstić information content (AvgIpc) is 2.26. The van der Waals surface area contributed by atoms with Crippen LogP contribution in [0.25, 0.3) is 0 Å². The van der Waals surface area contributed by atoms with Gasteiger partial charge in [-0.05, 0) is 25.3 Å². The summed E-state index contributed by atoms with van der Waals surface area (Å²) >= 11 is 0. The van der Waals surface area contributed by atoms with E-state index >= 15 is 0 Å². The van der Waals surface area contributed by atoms with Gasteiger partial charge in [0.25, 0.3) is 0 Å². The molecule has 0 saturated heterocycles. The molecule has 19 heavy (non-hydrogen) atoms. The molecule has 0 bridgehead atoms. The van der Waals surface area contributed by atoms with Crippen LogP contribution in [0.15, 0.2) is 0 Å². The van der Waals surface area contributed by atoms with Crippen LogP contribution in [0.2, 0.25) is 0 Å². The first-order chi connectivity index (χ1) is 8.90. The van der Waals surface area contributed by atoms with Gasteiger partial charge in [0.15, 0.2) is 0 Å². The predicted octanol–water partition coefficient (Wildman–Crippen LogP) is 2.14. The third-order valence-corrected chi connectivity index (χ3v) is 2.71. The van der Waals surface area contributed by atoms with Crippen molar-refractivity contribution in [2.75, 3.05) is 32.8 Å². The Labute approximate surface area is 118 Å². The molecule has 0 aromatic rings. The van der Waals surface area contributed by atoms with Crippen LogP contribution in [0.3, 0.4) is 0 Å². The van der Waals surface area contributed by atoms with Crippen molar-refractivity contribution >= 4 is 5.97 Å². The fraction of sp³-hybridized carbons (Fsp3) is 0.933. The van der Waals surface area contributed by atoms with Crippen LogP contribution in [0.4, 0.5) is 0 Å². The SMILES string of the molecule is CCNC(CN(CC(C)C)CC(C)C)C(=O)OCC. The highest BCUT2D eigenvalue weighted by molar-refractivity contribution is 5.76. The highest BCUT2D eigenvalue weighted by atomic mass is 16.5. The fourth-order valence-corrected chi connectivity index (χ4v) is 2.23. The lowest BCUT2D eigenvalue weighted by Gasteiger charge is -2.29. The molecule has 0 radical (unpaired) electrons. The molecule has 0 fully saturated rings. The third-order valence-electron chi connectivity index (χ3n) is 2.71. The minimum atomic E-state index is -0.220. The van der Waals surface area contributed by atoms with Crippen LogP contribution < -0.4 is 5.32 Å². The van der Waals surface area contributed by atoms with E-state index in [0.717, 1.165) is 26.2 Å². The summed E-state index contributed by atoms with van der Waals surface area (Å²) in [6.07, 6.45) is 0. The van der Waals surface area contributed by atoms with Crippen molar-refractivity contribution in [1.82, 2.24) is 10.2 Å². The van der Waals surface area contributed by atoms with E-state index in [-0.39, 0.29) is 12.0 Å². The molecule has 0 heterocycles. The number of carbonyl (C=O) groups is 1. The molecule has 1 atom stereocenters. The Morgan fingerprint density at radius 2 is 1.58 bits per heavy atom. The molecule has 0 aliphatic rings. The first kappa shape index (κ1) is 18.4. The Hall–Kier alpha value is -0.610. The van der Waals surface area contributed by atoms with Crippen molar-refractivity contribution in [3.8, 4) is 0 Å². The van der Waals surface area contributed by atoms with Crippen molar-refractivity contribution in [3.05, 3.63) is 0 Å². The molecule has 0 aromatic heterocycles. The highest BCUT2D eigenvalue weighted by Crippen LogP contribution is 2.06. The van der Waals surface area contributed by atoms with Gasteiger partial charge in [0, 0.05) is 19.6 Å². The van der Waals surface area contributed by atoms with Crippen molar-refractivity contribution in [3.63, 3.8) is 0 Å². The van der Waals surface area contributed by atoms with E-state index in [4.69, 9.17) is 4.74 Å². The molecule has 0 aromatic carbocycles. The third kappa shape index (κ3) is 9.00. The molecule has 114 valence electrons. The minimum absolute atomic E-state index is 0.137. The number of nitrogens with zero attached hydrogens (tertiary/aromatic N) is 1. The van der Waals surface area contributed by atoms with Crippen LogP contribution in [-0.2, 0) is 9.53 Å². The molecule has 0 aliphatic carbocycles. The Bertz CT molecular complexity index is 232. The molecule has 0 saturated carbocycles. The normalized spacial score (nSPS) is 13.3. The Morgan fingerprint density at radius 1 is 1.05 bits per heavy atom. The fourth-order valence-electron chi connectivity index (χ4n) is 2.23. The number of ether oxygens (including phenoxy) is 1. The molecular weight excluding hydrogens is 240 g/mol. The number of carbonyl (C=O) groups excluding carboxylic acids is 1. The lowest BCUT2D eigenvalue weighted by molar-refractivity contribution is -0.146. The maximum atomic E-state index is 11.9. The lowest BCUT2D eigenvalue weighted by atomic mass is 10.1. The van der Waals surface area contributed by atoms with E-state index in [1.54, 1.807) is 0 Å². The zero-order valence-electron chi connectivity index (χ0n) is 13.5. The number of likely N-dealkylation sites (N-methyl/N-ethyl adjacent to an activating group) is 1. The zero-order chi connectivity index (χ0) is 14.8. The summed E-state index contributed by atoms with van der Waals surface area (Å²) in [5, 5.41) is 3.23. The molecule has 4 heteroatoms. The molecular formula is C15H32N2O2. The van der Waals surface area contributed by atoms with E-state index in [9.17, 15) is 4.79 Å². The molecule has 1 N–H and O–H groups in total. The van der Waals surface area contributed by atoms with E-state index in [1.807, 2.05) is 13.8 Å². The topological polar surface area (TPSA) is 41.6 Å². The second-order valence-corrected chi connectivity index (χ2v) is 5.87. The van der Waals surface area contributed by atoms with Gasteiger partial charge in [-0.25, -0.2) is 0 Å². The van der Waals surface area contributed by atoms with Crippen molar-refractivity contribution in [1.29, 1.82) is 0 Å². The van der Waals surface area contributed by atoms with Gasteiger partial charge < -0.3 is 15.0 Å². The first-order valence-corrected chi connectivity index (χ1v) is 7.52. The summed E-state index contributed by atoms with van der Waals surface area (Å²) in [5.41, 5.74) is 0. The molecule has 4 nitrogen and oxygen atoms in total. The van der Waals surface area contributed by atoms with Gasteiger partial charge in [-0.3, -0.25) is 4.79 Å². The summed E-state index contributed by atoms with van der Waals surface area (Å²) in [6.45, 7) is 16.7. The van der Waals surface area contributed by atoms with Gasteiger partial charge in [0.05, 0.1) is 6.61 Å². The van der Waals surface area contributed by atoms with Crippen LogP contribution in [0.1, 0.15) is 41.5 Å². The quantitative estimate of drug-likeness (QED) is 0.619. The second kappa shape index (κ2) is 10.2. The highest BCUT2D eigenvalue weighted by Gasteiger charge is 2.22. The Kier molecular flexibility index (Phi) is 9.88. The van der Waals surface area contributed by atoms with Crippen LogP contribution in [0.5, 0.6) is 0 Å². The molecule has 0 spiro atoms. The van der Waals surface area contributed by atoms with E-state index in [0.29, 0.717) is 18.4 Å². The van der Waals surface area contributed by atoms with Crippen LogP contribution in [0, 0.1) is 11.8 Å². The standard InChI is InChI=1S/C15H32N2O2/c1-7-16-14(15(18)19-8-2)11-17(9-12(3)4)10-13(5)6/h12-14,16H,7-11H2,1-6H3. The van der Waals surface area contributed by atoms with Gasteiger partial charge in [-0.15, -0.1) is 0 Å². The van der Waals surface area contributed by atoms with Gasteiger partial charge in [-0.2, -0.15) is 0 Å². The summed E-state index contributed by atoms with van der Waals surface area (Å²) < 4.78 is 5.14. The Balaban J connectivity index is 4.57. The molecule has 1 unspecified atom stereocenters. The van der Waals surface area contributed by atoms with Crippen LogP contribution in [-0.4, -0.2) is 49.7 Å². The van der Waals surface area contributed by atoms with Gasteiger partial charge in [0.2, 0.25) is 0 Å². The molecule has 0 rings (SSSR count). The first-order valence-electron chi connectivity index (χ1n) is 7.52. The number of hydrogen-bond donors (Lipinski definition) is 1. The van der Waals surface area contributed by atoms with E-state index in [2.05, 4.69) is 37.9 Å². The number of esters is 1. The predicted molar refractivity (Wildman–Crippen MR) is 80.2 cm³/mol.